The van der Waals surface area contributed by atoms with E-state index in [1.54, 1.807) is 12.4 Å². The minimum absolute atomic E-state index is 0.146. The molecule has 0 fully saturated rings. The topological polar surface area (TPSA) is 90.5 Å². The van der Waals surface area contributed by atoms with Gasteiger partial charge in [-0.1, -0.05) is 24.3 Å². The van der Waals surface area contributed by atoms with Crippen LogP contribution in [0, 0.1) is 0 Å². The molecule has 3 rings (SSSR count). The number of nitrogen functional groups attached to an aromatic ring is 1. The number of nitrogens with zero attached hydrogens (tertiary/aromatic N) is 5. The van der Waals surface area contributed by atoms with E-state index in [2.05, 4.69) is 25.1 Å². The zero-order chi connectivity index (χ0) is 16.2. The Kier molecular flexibility index (Phi) is 4.05. The Morgan fingerprint density at radius 3 is 2.57 bits per heavy atom. The van der Waals surface area contributed by atoms with Crippen LogP contribution in [-0.2, 0) is 0 Å². The second-order valence-corrected chi connectivity index (χ2v) is 4.87. The lowest BCUT2D eigenvalue weighted by Gasteiger charge is -2.09. The highest BCUT2D eigenvalue weighted by Gasteiger charge is 2.13. The molecule has 6 heteroatoms. The van der Waals surface area contributed by atoms with Crippen molar-refractivity contribution in [2.24, 2.45) is 0 Å². The van der Waals surface area contributed by atoms with Crippen molar-refractivity contribution in [2.75, 3.05) is 5.73 Å². The van der Waals surface area contributed by atoms with Crippen molar-refractivity contribution in [3.8, 4) is 11.3 Å². The van der Waals surface area contributed by atoms with E-state index in [0.29, 0.717) is 11.4 Å². The molecule has 0 atom stereocenters. The van der Waals surface area contributed by atoms with Gasteiger partial charge in [0.1, 0.15) is 11.4 Å². The lowest BCUT2D eigenvalue weighted by Crippen LogP contribution is -2.04. The fraction of sp³-hybridized carbons (Fsp3) is 0.118. The smallest absolute Gasteiger partial charge is 0.240 e. The van der Waals surface area contributed by atoms with E-state index in [1.165, 1.54) is 0 Å². The molecule has 114 valence electrons. The number of aromatic nitrogens is 5. The molecule has 0 aliphatic carbocycles. The summed E-state index contributed by atoms with van der Waals surface area (Å²) in [5, 5.41) is 8.15. The number of allylic oxidation sites excluding steroid dienone is 4. The van der Waals surface area contributed by atoms with Crippen molar-refractivity contribution in [2.45, 2.75) is 13.8 Å². The number of hydrogen-bond acceptors (Lipinski definition) is 6. The second-order valence-electron chi connectivity index (χ2n) is 4.87. The molecule has 0 aliphatic rings. The first-order valence-electron chi connectivity index (χ1n) is 7.23. The summed E-state index contributed by atoms with van der Waals surface area (Å²) in [5.74, 6) is 0.146. The number of fused-ring (bicyclic) bond motifs is 1. The Balaban J connectivity index is 2.21. The second kappa shape index (κ2) is 6.31. The van der Waals surface area contributed by atoms with Crippen LogP contribution in [0.25, 0.3) is 27.9 Å². The third-order valence-corrected chi connectivity index (χ3v) is 3.38. The normalized spacial score (nSPS) is 12.2. The first-order chi connectivity index (χ1) is 11.2. The average Bonchev–Trinajstić information content (AvgIpc) is 2.59. The Bertz CT molecular complexity index is 914. The standard InChI is InChI=1S/C17H16N6/c1-3-5-11(4-2)15-16(22-23-17(18)21-15)12-6-7-13-14(10-12)20-9-8-19-13/h3-10H,1-2H3,(H2,18,21,23)/b5-3-,11-4+. The predicted octanol–water partition coefficient (Wildman–Crippen LogP) is 3.04. The molecule has 0 saturated carbocycles. The van der Waals surface area contributed by atoms with Gasteiger partial charge >= 0.3 is 0 Å². The molecule has 0 radical (unpaired) electrons. The van der Waals surface area contributed by atoms with E-state index < -0.39 is 0 Å². The molecule has 23 heavy (non-hydrogen) atoms. The van der Waals surface area contributed by atoms with E-state index in [9.17, 15) is 0 Å². The molecular formula is C17H16N6. The van der Waals surface area contributed by atoms with Crippen LogP contribution in [0.3, 0.4) is 0 Å². The highest BCUT2D eigenvalue weighted by atomic mass is 15.2. The Morgan fingerprint density at radius 2 is 1.83 bits per heavy atom. The maximum Gasteiger partial charge on any atom is 0.240 e. The Hall–Kier alpha value is -3.15. The van der Waals surface area contributed by atoms with Crippen LogP contribution >= 0.6 is 0 Å². The van der Waals surface area contributed by atoms with Gasteiger partial charge in [0.2, 0.25) is 5.95 Å². The minimum atomic E-state index is 0.146. The van der Waals surface area contributed by atoms with E-state index >= 15 is 0 Å². The molecule has 0 aliphatic heterocycles. The maximum absolute atomic E-state index is 5.73. The van der Waals surface area contributed by atoms with E-state index in [0.717, 1.165) is 22.2 Å². The molecule has 2 aromatic heterocycles. The summed E-state index contributed by atoms with van der Waals surface area (Å²) < 4.78 is 0. The summed E-state index contributed by atoms with van der Waals surface area (Å²) >= 11 is 0. The summed E-state index contributed by atoms with van der Waals surface area (Å²) in [4.78, 5) is 13.0. The maximum atomic E-state index is 5.73. The molecule has 0 unspecified atom stereocenters. The zero-order valence-electron chi connectivity index (χ0n) is 12.9. The number of hydrogen-bond donors (Lipinski definition) is 1. The van der Waals surface area contributed by atoms with Crippen LogP contribution in [0.4, 0.5) is 5.95 Å². The first kappa shape index (κ1) is 14.8. The van der Waals surface area contributed by atoms with Gasteiger partial charge in [0, 0.05) is 18.0 Å². The SMILES string of the molecule is C/C=C\C(=C/C)c1nc(N)nnc1-c1ccc2nccnc2c1. The number of nitrogens with two attached hydrogens (primary N) is 1. The molecule has 1 aromatic carbocycles. The molecule has 0 saturated heterocycles. The number of anilines is 1. The van der Waals surface area contributed by atoms with Crippen molar-refractivity contribution in [1.29, 1.82) is 0 Å². The molecular weight excluding hydrogens is 288 g/mol. The quantitative estimate of drug-likeness (QED) is 0.748. The largest absolute Gasteiger partial charge is 0.366 e. The van der Waals surface area contributed by atoms with Crippen LogP contribution < -0.4 is 5.73 Å². The predicted molar refractivity (Wildman–Crippen MR) is 91.2 cm³/mol. The summed E-state index contributed by atoms with van der Waals surface area (Å²) in [6.45, 7) is 3.90. The van der Waals surface area contributed by atoms with Gasteiger partial charge in [-0.15, -0.1) is 10.2 Å². The fourth-order valence-electron chi connectivity index (χ4n) is 2.34. The van der Waals surface area contributed by atoms with Crippen LogP contribution in [0.15, 0.2) is 48.8 Å². The van der Waals surface area contributed by atoms with E-state index in [1.807, 2.05) is 50.3 Å². The van der Waals surface area contributed by atoms with Gasteiger partial charge in [0.25, 0.3) is 0 Å². The molecule has 2 heterocycles. The van der Waals surface area contributed by atoms with Crippen LogP contribution in [0.2, 0.25) is 0 Å². The Morgan fingerprint density at radius 1 is 1.04 bits per heavy atom. The third kappa shape index (κ3) is 2.91. The molecule has 2 N–H and O–H groups in total. The lowest BCUT2D eigenvalue weighted by atomic mass is 10.0. The molecule has 0 bridgehead atoms. The molecule has 0 spiro atoms. The molecule has 6 nitrogen and oxygen atoms in total. The van der Waals surface area contributed by atoms with Crippen LogP contribution in [-0.4, -0.2) is 25.1 Å². The van der Waals surface area contributed by atoms with Gasteiger partial charge in [-0.25, -0.2) is 4.98 Å². The average molecular weight is 304 g/mol. The summed E-state index contributed by atoms with van der Waals surface area (Å²) in [6, 6.07) is 5.77. The summed E-state index contributed by atoms with van der Waals surface area (Å²) in [6.07, 6.45) is 9.21. The van der Waals surface area contributed by atoms with Gasteiger partial charge in [-0.2, -0.15) is 0 Å². The highest BCUT2D eigenvalue weighted by Crippen LogP contribution is 2.28. The van der Waals surface area contributed by atoms with E-state index in [4.69, 9.17) is 5.73 Å². The monoisotopic (exact) mass is 304 g/mol. The summed E-state index contributed by atoms with van der Waals surface area (Å²) in [5.41, 5.74) is 10.5. The van der Waals surface area contributed by atoms with Crippen molar-refractivity contribution < 1.29 is 0 Å². The van der Waals surface area contributed by atoms with Crippen LogP contribution in [0.5, 0.6) is 0 Å². The minimum Gasteiger partial charge on any atom is -0.366 e. The summed E-state index contributed by atoms with van der Waals surface area (Å²) in [7, 11) is 0. The number of benzene rings is 1. The highest BCUT2D eigenvalue weighted by molar-refractivity contribution is 5.85. The van der Waals surface area contributed by atoms with Crippen LogP contribution in [0.1, 0.15) is 19.5 Å². The fourth-order valence-corrected chi connectivity index (χ4v) is 2.34. The van der Waals surface area contributed by atoms with Gasteiger partial charge in [-0.3, -0.25) is 9.97 Å². The van der Waals surface area contributed by atoms with Gasteiger partial charge in [0.05, 0.1) is 11.0 Å². The van der Waals surface area contributed by atoms with Crippen molar-refractivity contribution >= 4 is 22.6 Å². The van der Waals surface area contributed by atoms with Crippen molar-refractivity contribution in [3.05, 3.63) is 54.5 Å². The molecule has 3 aromatic rings. The lowest BCUT2D eigenvalue weighted by molar-refractivity contribution is 0.982. The van der Waals surface area contributed by atoms with Gasteiger partial charge in [-0.05, 0) is 31.6 Å². The molecule has 0 amide bonds. The Labute approximate surface area is 133 Å². The zero-order valence-corrected chi connectivity index (χ0v) is 12.9. The third-order valence-electron chi connectivity index (χ3n) is 3.38. The first-order valence-corrected chi connectivity index (χ1v) is 7.23. The van der Waals surface area contributed by atoms with Gasteiger partial charge in [0.15, 0.2) is 0 Å². The van der Waals surface area contributed by atoms with Gasteiger partial charge < -0.3 is 5.73 Å². The van der Waals surface area contributed by atoms with Crippen molar-refractivity contribution in [3.63, 3.8) is 0 Å². The number of rotatable bonds is 3. The van der Waals surface area contributed by atoms with E-state index in [-0.39, 0.29) is 5.95 Å². The van der Waals surface area contributed by atoms with Crippen molar-refractivity contribution in [1.82, 2.24) is 25.1 Å².